The lowest BCUT2D eigenvalue weighted by atomic mass is 10.3. The molecular formula is C17H14N8. The number of para-hydroxylation sites is 1. The minimum absolute atomic E-state index is 0.578. The summed E-state index contributed by atoms with van der Waals surface area (Å²) < 4.78 is 5.32. The molecule has 0 aliphatic heterocycles. The van der Waals surface area contributed by atoms with E-state index in [0.717, 1.165) is 29.0 Å². The highest BCUT2D eigenvalue weighted by Crippen LogP contribution is 2.21. The van der Waals surface area contributed by atoms with Crippen LogP contribution in [0.5, 0.6) is 0 Å². The smallest absolute Gasteiger partial charge is 0.202 e. The predicted molar refractivity (Wildman–Crippen MR) is 92.3 cm³/mol. The first-order valence-electron chi connectivity index (χ1n) is 8.02. The molecule has 0 saturated carbocycles. The molecule has 0 amide bonds. The molecule has 4 aromatic heterocycles. The summed E-state index contributed by atoms with van der Waals surface area (Å²) in [4.78, 5) is 9.16. The molecule has 0 atom stereocenters. The Bertz CT molecular complexity index is 1180. The number of hydrogen-bond donors (Lipinski definition) is 0. The molecular weight excluding hydrogens is 316 g/mol. The Morgan fingerprint density at radius 3 is 2.68 bits per heavy atom. The summed E-state index contributed by atoms with van der Waals surface area (Å²) in [6.07, 6.45) is 5.35. The van der Waals surface area contributed by atoms with Crippen molar-refractivity contribution in [1.29, 1.82) is 0 Å². The van der Waals surface area contributed by atoms with Crippen molar-refractivity contribution in [2.45, 2.75) is 13.5 Å². The molecule has 1 aromatic carbocycles. The Morgan fingerprint density at radius 1 is 1.00 bits per heavy atom. The fraction of sp³-hybridized carbons (Fsp3) is 0.118. The average Bonchev–Trinajstić information content (AvgIpc) is 3.38. The zero-order valence-corrected chi connectivity index (χ0v) is 13.5. The van der Waals surface area contributed by atoms with Gasteiger partial charge in [-0.25, -0.2) is 19.2 Å². The lowest BCUT2D eigenvalue weighted by molar-refractivity contribution is 0.661. The second kappa shape index (κ2) is 5.23. The third-order valence-electron chi connectivity index (χ3n) is 4.10. The summed E-state index contributed by atoms with van der Waals surface area (Å²) in [5.41, 5.74) is 3.16. The Morgan fingerprint density at radius 2 is 1.88 bits per heavy atom. The van der Waals surface area contributed by atoms with Gasteiger partial charge in [0.25, 0.3) is 0 Å². The quantitative estimate of drug-likeness (QED) is 0.507. The fourth-order valence-electron chi connectivity index (χ4n) is 2.84. The van der Waals surface area contributed by atoms with Crippen molar-refractivity contribution in [2.24, 2.45) is 0 Å². The summed E-state index contributed by atoms with van der Waals surface area (Å²) in [6, 6.07) is 11.8. The molecule has 8 heteroatoms. The van der Waals surface area contributed by atoms with Crippen LogP contribution in [0.2, 0.25) is 0 Å². The lowest BCUT2D eigenvalue weighted by Crippen LogP contribution is -1.98. The normalized spacial score (nSPS) is 11.6. The van der Waals surface area contributed by atoms with Crippen LogP contribution in [-0.4, -0.2) is 39.1 Å². The maximum atomic E-state index is 4.65. The van der Waals surface area contributed by atoms with Crippen molar-refractivity contribution >= 4 is 16.7 Å². The molecule has 5 aromatic rings. The zero-order valence-electron chi connectivity index (χ0n) is 13.5. The first kappa shape index (κ1) is 13.8. The molecule has 0 N–H and O–H groups in total. The zero-order chi connectivity index (χ0) is 16.8. The number of benzene rings is 1. The SMILES string of the molecule is CCn1ccc(-c2nc3c4cnn(-c5ccccc5)c4ncn3n2)n1. The van der Waals surface area contributed by atoms with E-state index in [-0.39, 0.29) is 0 Å². The third-order valence-corrected chi connectivity index (χ3v) is 4.10. The molecule has 0 saturated heterocycles. The Labute approximate surface area is 142 Å². The van der Waals surface area contributed by atoms with E-state index in [4.69, 9.17) is 0 Å². The average molecular weight is 330 g/mol. The van der Waals surface area contributed by atoms with Gasteiger partial charge in [-0.05, 0) is 25.1 Å². The molecule has 122 valence electrons. The van der Waals surface area contributed by atoms with Crippen LogP contribution in [-0.2, 0) is 6.54 Å². The second-order valence-electron chi connectivity index (χ2n) is 5.63. The van der Waals surface area contributed by atoms with E-state index in [0.29, 0.717) is 11.5 Å². The number of aryl methyl sites for hydroxylation is 1. The van der Waals surface area contributed by atoms with Crippen LogP contribution in [0.3, 0.4) is 0 Å². The van der Waals surface area contributed by atoms with Crippen LogP contribution in [0.25, 0.3) is 33.9 Å². The number of hydrogen-bond acceptors (Lipinski definition) is 5. The monoisotopic (exact) mass is 330 g/mol. The minimum Gasteiger partial charge on any atom is -0.272 e. The lowest BCUT2D eigenvalue weighted by Gasteiger charge is -2.01. The van der Waals surface area contributed by atoms with Gasteiger partial charge in [-0.15, -0.1) is 5.10 Å². The van der Waals surface area contributed by atoms with Crippen LogP contribution in [0.4, 0.5) is 0 Å². The second-order valence-corrected chi connectivity index (χ2v) is 5.63. The van der Waals surface area contributed by atoms with Gasteiger partial charge in [0, 0.05) is 12.7 Å². The van der Waals surface area contributed by atoms with Gasteiger partial charge in [-0.2, -0.15) is 10.2 Å². The van der Waals surface area contributed by atoms with Crippen LogP contribution >= 0.6 is 0 Å². The van der Waals surface area contributed by atoms with Crippen molar-refractivity contribution in [3.8, 4) is 17.2 Å². The summed E-state index contributed by atoms with van der Waals surface area (Å²) >= 11 is 0. The van der Waals surface area contributed by atoms with Crippen LogP contribution in [0, 0.1) is 0 Å². The van der Waals surface area contributed by atoms with Crippen LogP contribution < -0.4 is 0 Å². The van der Waals surface area contributed by atoms with Gasteiger partial charge in [0.05, 0.1) is 17.3 Å². The van der Waals surface area contributed by atoms with Gasteiger partial charge >= 0.3 is 0 Å². The van der Waals surface area contributed by atoms with Gasteiger partial charge < -0.3 is 0 Å². The topological polar surface area (TPSA) is 78.7 Å². The molecule has 0 bridgehead atoms. The van der Waals surface area contributed by atoms with Gasteiger partial charge in [-0.3, -0.25) is 4.68 Å². The molecule has 0 radical (unpaired) electrons. The van der Waals surface area contributed by atoms with Gasteiger partial charge in [-0.1, -0.05) is 18.2 Å². The molecule has 0 fully saturated rings. The van der Waals surface area contributed by atoms with E-state index in [1.54, 1.807) is 21.7 Å². The molecule has 4 heterocycles. The van der Waals surface area contributed by atoms with Gasteiger partial charge in [0.2, 0.25) is 5.82 Å². The minimum atomic E-state index is 0.578. The van der Waals surface area contributed by atoms with Crippen molar-refractivity contribution in [3.63, 3.8) is 0 Å². The maximum absolute atomic E-state index is 4.65. The summed E-state index contributed by atoms with van der Waals surface area (Å²) in [6.45, 7) is 2.85. The van der Waals surface area contributed by atoms with E-state index >= 15 is 0 Å². The fourth-order valence-corrected chi connectivity index (χ4v) is 2.84. The molecule has 0 unspecified atom stereocenters. The number of nitrogens with zero attached hydrogens (tertiary/aromatic N) is 8. The molecule has 0 spiro atoms. The van der Waals surface area contributed by atoms with E-state index < -0.39 is 0 Å². The van der Waals surface area contributed by atoms with Crippen LogP contribution in [0.15, 0.2) is 55.1 Å². The van der Waals surface area contributed by atoms with E-state index in [2.05, 4.69) is 25.3 Å². The Balaban J connectivity index is 1.69. The molecule has 0 aliphatic carbocycles. The van der Waals surface area contributed by atoms with E-state index in [1.165, 1.54) is 0 Å². The van der Waals surface area contributed by atoms with Crippen molar-refractivity contribution < 1.29 is 0 Å². The first-order valence-corrected chi connectivity index (χ1v) is 8.02. The first-order chi connectivity index (χ1) is 12.3. The summed E-state index contributed by atoms with van der Waals surface area (Å²) in [5.74, 6) is 0.578. The standard InChI is InChI=1S/C17H14N8/c1-2-23-9-8-14(21-23)15-20-17-13-10-19-25(12-6-4-3-5-7-12)16(13)18-11-24(17)22-15/h3-11H,2H2,1H3. The van der Waals surface area contributed by atoms with E-state index in [9.17, 15) is 0 Å². The Kier molecular flexibility index (Phi) is 2.90. The molecule has 25 heavy (non-hydrogen) atoms. The highest BCUT2D eigenvalue weighted by atomic mass is 15.4. The van der Waals surface area contributed by atoms with Crippen molar-refractivity contribution in [2.75, 3.05) is 0 Å². The maximum Gasteiger partial charge on any atom is 0.202 e. The highest BCUT2D eigenvalue weighted by molar-refractivity contribution is 5.89. The van der Waals surface area contributed by atoms with Crippen molar-refractivity contribution in [1.82, 2.24) is 39.1 Å². The van der Waals surface area contributed by atoms with Gasteiger partial charge in [0.1, 0.15) is 12.0 Å². The number of fused-ring (bicyclic) bond motifs is 3. The predicted octanol–water partition coefficient (Wildman–Crippen LogP) is 2.35. The third kappa shape index (κ3) is 2.11. The van der Waals surface area contributed by atoms with Crippen molar-refractivity contribution in [3.05, 3.63) is 55.1 Å². The Hall–Kier alpha value is -3.55. The van der Waals surface area contributed by atoms with Crippen LogP contribution in [0.1, 0.15) is 6.92 Å². The van der Waals surface area contributed by atoms with Gasteiger partial charge in [0.15, 0.2) is 11.3 Å². The summed E-state index contributed by atoms with van der Waals surface area (Å²) in [7, 11) is 0. The largest absolute Gasteiger partial charge is 0.272 e. The molecule has 0 aliphatic rings. The summed E-state index contributed by atoms with van der Waals surface area (Å²) in [5, 5.41) is 14.3. The highest BCUT2D eigenvalue weighted by Gasteiger charge is 2.15. The number of rotatable bonds is 3. The number of aromatic nitrogens is 8. The molecule has 5 rings (SSSR count). The van der Waals surface area contributed by atoms with E-state index in [1.807, 2.05) is 54.2 Å². The molecule has 8 nitrogen and oxygen atoms in total.